The van der Waals surface area contributed by atoms with Crippen LogP contribution >= 0.6 is 0 Å². The fraction of sp³-hybridized carbons (Fsp3) is 0.800. The highest BCUT2D eigenvalue weighted by molar-refractivity contribution is 5.78. The molecule has 4 N–H and O–H groups in total. The van der Waals surface area contributed by atoms with Crippen molar-refractivity contribution in [1.29, 1.82) is 0 Å². The summed E-state index contributed by atoms with van der Waals surface area (Å²) in [6.07, 6.45) is 2.39. The Kier molecular flexibility index (Phi) is 8.76. The number of hydrogen-bond acceptors (Lipinski definition) is 3. The molecule has 2 amide bonds. The van der Waals surface area contributed by atoms with Crippen LogP contribution < -0.4 is 16.4 Å². The van der Waals surface area contributed by atoms with Gasteiger partial charge in [-0.15, -0.1) is 0 Å². The van der Waals surface area contributed by atoms with Gasteiger partial charge in [0, 0.05) is 25.9 Å². The van der Waals surface area contributed by atoms with Crippen LogP contribution in [0.3, 0.4) is 0 Å². The van der Waals surface area contributed by atoms with E-state index < -0.39 is 0 Å². The Bertz CT molecular complexity index is 175. The molecule has 15 heavy (non-hydrogen) atoms. The van der Waals surface area contributed by atoms with Gasteiger partial charge in [0.1, 0.15) is 0 Å². The summed E-state index contributed by atoms with van der Waals surface area (Å²) in [7, 11) is 0. The molecule has 0 unspecified atom stereocenters. The zero-order valence-electron chi connectivity index (χ0n) is 9.34. The maximum atomic E-state index is 11.1. The fourth-order valence-electron chi connectivity index (χ4n) is 1.02. The molecule has 0 rings (SSSR count). The number of nitrogens with one attached hydrogen (secondary N) is 2. The molecule has 5 nitrogen and oxygen atoms in total. The van der Waals surface area contributed by atoms with Gasteiger partial charge in [0.05, 0.1) is 0 Å². The number of rotatable bonds is 8. The van der Waals surface area contributed by atoms with Gasteiger partial charge in [0.2, 0.25) is 11.8 Å². The maximum absolute atomic E-state index is 11.1. The molecule has 0 fully saturated rings. The Labute approximate surface area is 90.8 Å². The topological polar surface area (TPSA) is 84.2 Å². The van der Waals surface area contributed by atoms with Gasteiger partial charge in [-0.1, -0.05) is 6.92 Å². The number of carbonyl (C=O) groups is 2. The molecule has 0 saturated heterocycles. The summed E-state index contributed by atoms with van der Waals surface area (Å²) >= 11 is 0. The van der Waals surface area contributed by atoms with Gasteiger partial charge in [0.15, 0.2) is 0 Å². The molecule has 0 bridgehead atoms. The van der Waals surface area contributed by atoms with Crippen LogP contribution in [0, 0.1) is 0 Å². The molecular weight excluding hydrogens is 194 g/mol. The monoisotopic (exact) mass is 215 g/mol. The van der Waals surface area contributed by atoms with E-state index in [1.807, 2.05) is 6.92 Å². The van der Waals surface area contributed by atoms with E-state index in [9.17, 15) is 9.59 Å². The third-order valence-electron chi connectivity index (χ3n) is 1.85. The lowest BCUT2D eigenvalue weighted by Gasteiger charge is -2.05. The highest BCUT2D eigenvalue weighted by Gasteiger charge is 2.02. The van der Waals surface area contributed by atoms with Gasteiger partial charge in [-0.05, 0) is 19.4 Å². The second-order valence-corrected chi connectivity index (χ2v) is 3.34. The van der Waals surface area contributed by atoms with E-state index in [0.29, 0.717) is 38.9 Å². The van der Waals surface area contributed by atoms with Crippen molar-refractivity contribution in [1.82, 2.24) is 10.6 Å². The largest absolute Gasteiger partial charge is 0.356 e. The van der Waals surface area contributed by atoms with Gasteiger partial charge in [-0.3, -0.25) is 9.59 Å². The van der Waals surface area contributed by atoms with Crippen LogP contribution in [-0.4, -0.2) is 31.4 Å². The normalized spacial score (nSPS) is 9.73. The van der Waals surface area contributed by atoms with Gasteiger partial charge < -0.3 is 16.4 Å². The third-order valence-corrected chi connectivity index (χ3v) is 1.85. The summed E-state index contributed by atoms with van der Waals surface area (Å²) in [5.41, 5.74) is 5.26. The number of amides is 2. The van der Waals surface area contributed by atoms with Gasteiger partial charge in [-0.25, -0.2) is 0 Å². The summed E-state index contributed by atoms with van der Waals surface area (Å²) in [5.74, 6) is -0.0558. The van der Waals surface area contributed by atoms with E-state index in [2.05, 4.69) is 10.6 Å². The fourth-order valence-corrected chi connectivity index (χ4v) is 1.02. The Morgan fingerprint density at radius 1 is 1.07 bits per heavy atom. The summed E-state index contributed by atoms with van der Waals surface area (Å²) in [4.78, 5) is 22.2. The molecule has 0 aliphatic heterocycles. The molecule has 88 valence electrons. The Hall–Kier alpha value is -1.10. The first kappa shape index (κ1) is 13.9. The van der Waals surface area contributed by atoms with Crippen molar-refractivity contribution in [2.75, 3.05) is 19.6 Å². The molecule has 0 saturated carbocycles. The van der Waals surface area contributed by atoms with Crippen molar-refractivity contribution >= 4 is 11.8 Å². The van der Waals surface area contributed by atoms with E-state index >= 15 is 0 Å². The molecule has 0 radical (unpaired) electrons. The van der Waals surface area contributed by atoms with Crippen LogP contribution in [-0.2, 0) is 9.59 Å². The van der Waals surface area contributed by atoms with Gasteiger partial charge in [-0.2, -0.15) is 0 Å². The highest BCUT2D eigenvalue weighted by atomic mass is 16.2. The molecule has 0 atom stereocenters. The first-order valence-corrected chi connectivity index (χ1v) is 5.44. The van der Waals surface area contributed by atoms with Crippen LogP contribution in [0.4, 0.5) is 0 Å². The average Bonchev–Trinajstić information content (AvgIpc) is 2.23. The SMILES string of the molecule is CCCNC(=O)CCNC(=O)CCCN. The van der Waals surface area contributed by atoms with Gasteiger partial charge in [0.25, 0.3) is 0 Å². The molecule has 0 aliphatic carbocycles. The second kappa shape index (κ2) is 9.45. The average molecular weight is 215 g/mol. The van der Waals surface area contributed by atoms with Crippen molar-refractivity contribution in [3.05, 3.63) is 0 Å². The lowest BCUT2D eigenvalue weighted by atomic mass is 10.3. The first-order valence-electron chi connectivity index (χ1n) is 5.44. The molecule has 0 aromatic carbocycles. The van der Waals surface area contributed by atoms with Crippen LogP contribution in [0.5, 0.6) is 0 Å². The second-order valence-electron chi connectivity index (χ2n) is 3.34. The maximum Gasteiger partial charge on any atom is 0.221 e. The van der Waals surface area contributed by atoms with E-state index in [1.165, 1.54) is 0 Å². The zero-order chi connectivity index (χ0) is 11.5. The summed E-state index contributed by atoms with van der Waals surface area (Å²) in [6.45, 7) is 3.61. The van der Waals surface area contributed by atoms with E-state index in [1.54, 1.807) is 0 Å². The van der Waals surface area contributed by atoms with Crippen molar-refractivity contribution in [3.63, 3.8) is 0 Å². The van der Waals surface area contributed by atoms with Crippen LogP contribution in [0.1, 0.15) is 32.6 Å². The number of carbonyl (C=O) groups excluding carboxylic acids is 2. The number of nitrogens with two attached hydrogens (primary N) is 1. The van der Waals surface area contributed by atoms with Crippen LogP contribution in [0.2, 0.25) is 0 Å². The van der Waals surface area contributed by atoms with Crippen molar-refractivity contribution in [2.45, 2.75) is 32.6 Å². The predicted molar refractivity (Wildman–Crippen MR) is 59.2 cm³/mol. The standard InChI is InChI=1S/C10H21N3O2/c1-2-7-12-10(15)5-8-13-9(14)4-3-6-11/h2-8,11H2,1H3,(H,12,15)(H,13,14). The third kappa shape index (κ3) is 9.21. The Morgan fingerprint density at radius 2 is 1.67 bits per heavy atom. The lowest BCUT2D eigenvalue weighted by Crippen LogP contribution is -2.31. The minimum atomic E-state index is -0.0382. The molecule has 0 aromatic heterocycles. The number of hydrogen-bond donors (Lipinski definition) is 3. The first-order chi connectivity index (χ1) is 7.20. The summed E-state index contributed by atoms with van der Waals surface area (Å²) in [6, 6.07) is 0. The molecule has 0 aliphatic rings. The highest BCUT2D eigenvalue weighted by Crippen LogP contribution is 1.86. The van der Waals surface area contributed by atoms with E-state index in [4.69, 9.17) is 5.73 Å². The van der Waals surface area contributed by atoms with Crippen molar-refractivity contribution in [2.24, 2.45) is 5.73 Å². The quantitative estimate of drug-likeness (QED) is 0.522. The molecule has 0 spiro atoms. The zero-order valence-corrected chi connectivity index (χ0v) is 9.34. The predicted octanol–water partition coefficient (Wildman–Crippen LogP) is -0.242. The minimum Gasteiger partial charge on any atom is -0.356 e. The lowest BCUT2D eigenvalue weighted by molar-refractivity contribution is -0.122. The minimum absolute atomic E-state index is 0.0176. The Balaban J connectivity index is 3.36. The Morgan fingerprint density at radius 3 is 2.27 bits per heavy atom. The van der Waals surface area contributed by atoms with Crippen molar-refractivity contribution < 1.29 is 9.59 Å². The van der Waals surface area contributed by atoms with E-state index in [-0.39, 0.29) is 11.8 Å². The summed E-state index contributed by atoms with van der Waals surface area (Å²) < 4.78 is 0. The van der Waals surface area contributed by atoms with E-state index in [0.717, 1.165) is 6.42 Å². The van der Waals surface area contributed by atoms with Crippen molar-refractivity contribution in [3.8, 4) is 0 Å². The molecule has 0 aromatic rings. The van der Waals surface area contributed by atoms with Crippen LogP contribution in [0.25, 0.3) is 0 Å². The van der Waals surface area contributed by atoms with Gasteiger partial charge >= 0.3 is 0 Å². The smallest absolute Gasteiger partial charge is 0.221 e. The van der Waals surface area contributed by atoms with Crippen LogP contribution in [0.15, 0.2) is 0 Å². The molecule has 0 heterocycles. The molecular formula is C10H21N3O2. The molecule has 5 heteroatoms. The summed E-state index contributed by atoms with van der Waals surface area (Å²) in [5, 5.41) is 5.41.